The molecule has 10 heteroatoms. The quantitative estimate of drug-likeness (QED) is 0.367. The first-order chi connectivity index (χ1) is 9.00. The van der Waals surface area contributed by atoms with Crippen molar-refractivity contribution in [2.45, 2.75) is 10.8 Å². The van der Waals surface area contributed by atoms with Gasteiger partial charge in [0.15, 0.2) is 0 Å². The van der Waals surface area contributed by atoms with Gasteiger partial charge >= 0.3 is 22.7 Å². The number of carbonyl (C=O) groups excluding carboxylic acids is 2. The summed E-state index contributed by atoms with van der Waals surface area (Å²) in [5, 5.41) is -8.51. The van der Waals surface area contributed by atoms with Crippen LogP contribution in [0.15, 0.2) is 24.3 Å². The van der Waals surface area contributed by atoms with Crippen molar-refractivity contribution in [3.05, 3.63) is 24.3 Å². The first-order valence-electron chi connectivity index (χ1n) is 4.68. The fourth-order valence-corrected chi connectivity index (χ4v) is 1.01. The Labute approximate surface area is 119 Å². The van der Waals surface area contributed by atoms with Gasteiger partial charge in [0.25, 0.3) is 0 Å². The number of hydrogen-bond donors (Lipinski definition) is 0. The highest BCUT2D eigenvalue weighted by Gasteiger charge is 2.39. The number of benzene rings is 1. The summed E-state index contributed by atoms with van der Waals surface area (Å²) in [5.74, 6) is -5.13. The maximum Gasteiger partial charge on any atom is 0.418 e. The summed E-state index contributed by atoms with van der Waals surface area (Å²) in [5.41, 5.74) is 0. The third-order valence-corrected chi connectivity index (χ3v) is 2.00. The van der Waals surface area contributed by atoms with Crippen LogP contribution in [-0.2, 0) is 9.59 Å². The maximum absolute atomic E-state index is 12.4. The van der Waals surface area contributed by atoms with Gasteiger partial charge in [0.1, 0.15) is 11.5 Å². The molecule has 1 aromatic carbocycles. The van der Waals surface area contributed by atoms with Gasteiger partial charge in [-0.05, 0) is 35.3 Å². The van der Waals surface area contributed by atoms with Gasteiger partial charge in [-0.3, -0.25) is 0 Å². The van der Waals surface area contributed by atoms with Gasteiger partial charge in [-0.15, -0.1) is 0 Å². The minimum Gasteiger partial charge on any atom is -0.421 e. The molecular formula is C10H4Cl2F4O4. The zero-order valence-electron chi connectivity index (χ0n) is 9.21. The molecule has 0 amide bonds. The van der Waals surface area contributed by atoms with E-state index in [1.165, 1.54) is 0 Å². The molecule has 0 atom stereocenters. The lowest BCUT2D eigenvalue weighted by Crippen LogP contribution is -2.27. The highest BCUT2D eigenvalue weighted by atomic mass is 35.5. The standard InChI is InChI=1S/C10H4Cl2F4O4/c11-9(13,14)7(17)19-5-2-1-3-6(4-5)20-8(18)10(12,15)16/h1-4H. The Bertz CT molecular complexity index is 481. The fraction of sp³-hybridized carbons (Fsp3) is 0.200. The van der Waals surface area contributed by atoms with Gasteiger partial charge < -0.3 is 9.47 Å². The first kappa shape index (κ1) is 16.5. The molecule has 0 aliphatic carbocycles. The Morgan fingerprint density at radius 1 is 0.900 bits per heavy atom. The molecule has 0 saturated heterocycles. The number of ether oxygens (including phenoxy) is 2. The molecule has 0 unspecified atom stereocenters. The van der Waals surface area contributed by atoms with E-state index in [1.54, 1.807) is 0 Å². The van der Waals surface area contributed by atoms with E-state index in [9.17, 15) is 27.2 Å². The van der Waals surface area contributed by atoms with Gasteiger partial charge in [0.2, 0.25) is 0 Å². The van der Waals surface area contributed by atoms with Crippen LogP contribution in [0.4, 0.5) is 17.6 Å². The monoisotopic (exact) mass is 334 g/mol. The second-order valence-electron chi connectivity index (χ2n) is 3.25. The lowest BCUT2D eigenvalue weighted by atomic mass is 10.3. The van der Waals surface area contributed by atoms with Crippen molar-refractivity contribution in [2.75, 3.05) is 0 Å². The zero-order chi connectivity index (χ0) is 15.6. The van der Waals surface area contributed by atoms with Crippen LogP contribution >= 0.6 is 23.2 Å². The fourth-order valence-electron chi connectivity index (χ4n) is 0.931. The highest BCUT2D eigenvalue weighted by molar-refractivity contribution is 6.31. The molecule has 110 valence electrons. The Hall–Kier alpha value is -1.54. The summed E-state index contributed by atoms with van der Waals surface area (Å²) in [4.78, 5) is 21.5. The van der Waals surface area contributed by atoms with Crippen molar-refractivity contribution >= 4 is 35.1 Å². The molecule has 0 aliphatic heterocycles. The SMILES string of the molecule is O=C(Oc1cccc(OC(=O)C(F)(F)Cl)c1)C(F)(F)Cl. The molecule has 0 aromatic heterocycles. The van der Waals surface area contributed by atoms with Crippen molar-refractivity contribution < 1.29 is 36.6 Å². The van der Waals surface area contributed by atoms with E-state index in [0.717, 1.165) is 24.3 Å². The predicted octanol–water partition coefficient (Wildman–Crippen LogP) is 3.16. The average Bonchev–Trinajstić information content (AvgIpc) is 2.26. The Morgan fingerprint density at radius 3 is 1.55 bits per heavy atom. The average molecular weight is 335 g/mol. The third kappa shape index (κ3) is 4.86. The molecule has 0 N–H and O–H groups in total. The molecule has 0 fully saturated rings. The molecular weight excluding hydrogens is 331 g/mol. The number of carbonyl (C=O) groups is 2. The molecule has 1 rings (SSSR count). The van der Waals surface area contributed by atoms with Crippen LogP contribution in [-0.4, -0.2) is 22.7 Å². The smallest absolute Gasteiger partial charge is 0.418 e. The molecule has 0 saturated carbocycles. The van der Waals surface area contributed by atoms with Gasteiger partial charge in [0, 0.05) is 6.07 Å². The topological polar surface area (TPSA) is 52.6 Å². The predicted molar refractivity (Wildman–Crippen MR) is 59.3 cm³/mol. The minimum absolute atomic E-state index is 0.487. The molecule has 4 nitrogen and oxygen atoms in total. The molecule has 20 heavy (non-hydrogen) atoms. The molecule has 1 aromatic rings. The molecule has 0 spiro atoms. The summed E-state index contributed by atoms with van der Waals surface area (Å²) in [6, 6.07) is 3.93. The maximum atomic E-state index is 12.4. The Morgan fingerprint density at radius 2 is 1.25 bits per heavy atom. The Kier molecular flexibility index (Phi) is 4.82. The second kappa shape index (κ2) is 5.84. The van der Waals surface area contributed by atoms with Gasteiger partial charge in [-0.25, -0.2) is 9.59 Å². The lowest BCUT2D eigenvalue weighted by Gasteiger charge is -2.10. The zero-order valence-corrected chi connectivity index (χ0v) is 10.7. The second-order valence-corrected chi connectivity index (χ2v) is 4.20. The normalized spacial score (nSPS) is 11.9. The van der Waals surface area contributed by atoms with Crippen molar-refractivity contribution in [1.82, 2.24) is 0 Å². The summed E-state index contributed by atoms with van der Waals surface area (Å²) in [6.07, 6.45) is 0. The summed E-state index contributed by atoms with van der Waals surface area (Å²) >= 11 is 8.82. The van der Waals surface area contributed by atoms with Crippen LogP contribution in [0.25, 0.3) is 0 Å². The van der Waals surface area contributed by atoms with Crippen LogP contribution in [0.3, 0.4) is 0 Å². The Balaban J connectivity index is 2.82. The molecule has 0 aliphatic rings. The molecule has 0 bridgehead atoms. The van der Waals surface area contributed by atoms with Gasteiger partial charge in [0.05, 0.1) is 0 Å². The molecule has 0 heterocycles. The number of rotatable bonds is 4. The number of alkyl halides is 6. The van der Waals surface area contributed by atoms with Crippen molar-refractivity contribution in [3.63, 3.8) is 0 Å². The minimum atomic E-state index is -4.25. The number of halogens is 6. The van der Waals surface area contributed by atoms with E-state index >= 15 is 0 Å². The van der Waals surface area contributed by atoms with Crippen molar-refractivity contribution in [3.8, 4) is 11.5 Å². The highest BCUT2D eigenvalue weighted by Crippen LogP contribution is 2.27. The van der Waals surface area contributed by atoms with Crippen LogP contribution in [0.2, 0.25) is 0 Å². The van der Waals surface area contributed by atoms with Crippen LogP contribution in [0, 0.1) is 0 Å². The summed E-state index contributed by atoms with van der Waals surface area (Å²) < 4.78 is 57.7. The van der Waals surface area contributed by atoms with E-state index in [0.29, 0.717) is 0 Å². The molecule has 0 radical (unpaired) electrons. The van der Waals surface area contributed by atoms with E-state index in [4.69, 9.17) is 0 Å². The third-order valence-electron chi connectivity index (χ3n) is 1.69. The van der Waals surface area contributed by atoms with Gasteiger partial charge in [-0.1, -0.05) is 6.07 Å². The lowest BCUT2D eigenvalue weighted by molar-refractivity contribution is -0.150. The van der Waals surface area contributed by atoms with E-state index in [-0.39, 0.29) is 0 Å². The van der Waals surface area contributed by atoms with E-state index in [1.807, 2.05) is 0 Å². The van der Waals surface area contributed by atoms with E-state index < -0.39 is 34.2 Å². The largest absolute Gasteiger partial charge is 0.421 e. The summed E-state index contributed by atoms with van der Waals surface area (Å²) in [7, 11) is 0. The van der Waals surface area contributed by atoms with E-state index in [2.05, 4.69) is 32.7 Å². The van der Waals surface area contributed by atoms with Crippen LogP contribution in [0.5, 0.6) is 11.5 Å². The van der Waals surface area contributed by atoms with Crippen molar-refractivity contribution in [2.24, 2.45) is 0 Å². The van der Waals surface area contributed by atoms with Crippen molar-refractivity contribution in [1.29, 1.82) is 0 Å². The van der Waals surface area contributed by atoms with Crippen LogP contribution < -0.4 is 9.47 Å². The number of esters is 2. The first-order valence-corrected chi connectivity index (χ1v) is 5.44. The van der Waals surface area contributed by atoms with Crippen LogP contribution in [0.1, 0.15) is 0 Å². The summed E-state index contributed by atoms with van der Waals surface area (Å²) in [6.45, 7) is 0. The van der Waals surface area contributed by atoms with Gasteiger partial charge in [-0.2, -0.15) is 17.6 Å². The number of hydrogen-bond acceptors (Lipinski definition) is 4.